The molecule has 1 aromatic carbocycles. The van der Waals surface area contributed by atoms with Crippen molar-refractivity contribution < 1.29 is 38.1 Å². The van der Waals surface area contributed by atoms with Crippen LogP contribution in [0.2, 0.25) is 0 Å². The Bertz CT molecular complexity index is 608. The van der Waals surface area contributed by atoms with Crippen LogP contribution in [-0.4, -0.2) is 46.3 Å². The van der Waals surface area contributed by atoms with E-state index in [1.54, 1.807) is 18.2 Å². The predicted molar refractivity (Wildman–Crippen MR) is 104 cm³/mol. The zero-order valence-corrected chi connectivity index (χ0v) is 17.6. The summed E-state index contributed by atoms with van der Waals surface area (Å²) in [6, 6.07) is 5.06. The van der Waals surface area contributed by atoms with Gasteiger partial charge in [-0.15, -0.1) is 0 Å². The maximum Gasteiger partial charge on any atom is 0.353 e. The lowest BCUT2D eigenvalue weighted by Crippen LogP contribution is -2.33. The summed E-state index contributed by atoms with van der Waals surface area (Å²) < 4.78 is 23.6. The summed E-state index contributed by atoms with van der Waals surface area (Å²) in [4.78, 5) is 35.7. The lowest BCUT2D eigenvalue weighted by molar-refractivity contribution is -0.279. The molecule has 0 amide bonds. The van der Waals surface area contributed by atoms with Gasteiger partial charge in [-0.3, -0.25) is 9.68 Å². The Morgan fingerprint density at radius 3 is 2.11 bits per heavy atom. The molecule has 2 rings (SSSR count). The molecule has 1 aromatic rings. The first-order valence-corrected chi connectivity index (χ1v) is 9.42. The molecule has 0 N–H and O–H groups in total. The van der Waals surface area contributed by atoms with Crippen LogP contribution in [-0.2, 0) is 23.9 Å². The van der Waals surface area contributed by atoms with Crippen molar-refractivity contribution in [3.63, 3.8) is 0 Å². The molecule has 1 aliphatic carbocycles. The van der Waals surface area contributed by atoms with E-state index in [4.69, 9.17) is 28.6 Å². The molecule has 0 saturated heterocycles. The number of methoxy groups -OCH3 is 3. The molecule has 0 bridgehead atoms. The molecule has 156 valence electrons. The molecule has 1 fully saturated rings. The third kappa shape index (κ3) is 6.26. The number of hydrogen-bond acceptors (Lipinski definition) is 8. The number of rotatable bonds is 10. The van der Waals surface area contributed by atoms with Crippen molar-refractivity contribution in [2.24, 2.45) is 11.8 Å². The maximum atomic E-state index is 13.3. The Labute approximate surface area is 167 Å². The lowest BCUT2D eigenvalue weighted by Gasteiger charge is -2.22. The number of ketones is 1. The number of hydrogen-bond donors (Lipinski definition) is 0. The van der Waals surface area contributed by atoms with Gasteiger partial charge >= 0.3 is 15.1 Å². The van der Waals surface area contributed by atoms with E-state index < -0.39 is 11.9 Å². The first-order chi connectivity index (χ1) is 13.6. The third-order valence-corrected chi connectivity index (χ3v) is 4.59. The standard InChI is InChI=1S/C19H26O7.H2OP/c1-22-11-12-25-26-19(21)16(13-7-4-5-8-13)18(20)17-14(23-2)9-6-10-15(17)24-3;1-2/h6,9-10,13,16H,4-5,7-8,11-12H2,1-3H3;2H2/q;+1. The fourth-order valence-electron chi connectivity index (χ4n) is 3.32. The van der Waals surface area contributed by atoms with Gasteiger partial charge < -0.3 is 14.2 Å². The first-order valence-electron chi connectivity index (χ1n) is 8.95. The molecule has 9 heteroatoms. The van der Waals surface area contributed by atoms with Crippen molar-refractivity contribution >= 4 is 20.9 Å². The summed E-state index contributed by atoms with van der Waals surface area (Å²) in [5, 5.41) is 0. The Balaban J connectivity index is 0.00000190. The lowest BCUT2D eigenvalue weighted by atomic mass is 9.84. The molecular formula is C19H28O8P+. The van der Waals surface area contributed by atoms with Gasteiger partial charge in [-0.05, 0) is 30.9 Å². The highest BCUT2D eigenvalue weighted by molar-refractivity contribution is 7.00. The monoisotopic (exact) mass is 415 g/mol. The van der Waals surface area contributed by atoms with Crippen LogP contribution in [0.3, 0.4) is 0 Å². The Morgan fingerprint density at radius 2 is 1.61 bits per heavy atom. The molecule has 8 nitrogen and oxygen atoms in total. The SMILES string of the molecule is COCCOOC(=O)C(C(=O)c1c(OC)cccc1OC)C1CCCC1.O=[PH2+]. The number of benzene rings is 1. The van der Waals surface area contributed by atoms with Crippen molar-refractivity contribution in [2.75, 3.05) is 34.5 Å². The van der Waals surface area contributed by atoms with Gasteiger partial charge in [-0.1, -0.05) is 23.5 Å². The second-order valence-corrected chi connectivity index (χ2v) is 6.14. The Kier molecular flexibility index (Phi) is 11.3. The first kappa shape index (κ1) is 24.0. The van der Waals surface area contributed by atoms with Gasteiger partial charge in [0.2, 0.25) is 0 Å². The van der Waals surface area contributed by atoms with E-state index in [0.29, 0.717) is 11.5 Å². The molecule has 0 spiro atoms. The fraction of sp³-hybridized carbons (Fsp3) is 0.579. The van der Waals surface area contributed by atoms with Gasteiger partial charge in [0.15, 0.2) is 5.78 Å². The van der Waals surface area contributed by atoms with E-state index in [2.05, 4.69) is 0 Å². The summed E-state index contributed by atoms with van der Waals surface area (Å²) in [5.74, 6) is -1.37. The van der Waals surface area contributed by atoms with Crippen LogP contribution in [0.5, 0.6) is 11.5 Å². The molecule has 0 radical (unpaired) electrons. The molecule has 28 heavy (non-hydrogen) atoms. The number of ether oxygens (including phenoxy) is 3. The summed E-state index contributed by atoms with van der Waals surface area (Å²) in [6.45, 7) is 0.390. The van der Waals surface area contributed by atoms with E-state index in [0.717, 1.165) is 25.7 Å². The predicted octanol–water partition coefficient (Wildman–Crippen LogP) is 3.02. The van der Waals surface area contributed by atoms with Crippen molar-refractivity contribution in [3.05, 3.63) is 23.8 Å². The second-order valence-electron chi connectivity index (χ2n) is 6.14. The summed E-state index contributed by atoms with van der Waals surface area (Å²) in [6.07, 6.45) is 3.55. The van der Waals surface area contributed by atoms with Crippen LogP contribution < -0.4 is 9.47 Å². The normalized spacial score (nSPS) is 14.5. The third-order valence-electron chi connectivity index (χ3n) is 4.59. The summed E-state index contributed by atoms with van der Waals surface area (Å²) in [7, 11) is 5.63. The molecule has 1 aliphatic rings. The summed E-state index contributed by atoms with van der Waals surface area (Å²) >= 11 is 0. The van der Waals surface area contributed by atoms with E-state index in [1.165, 1.54) is 30.4 Å². The maximum absolute atomic E-state index is 13.3. The van der Waals surface area contributed by atoms with Crippen LogP contribution in [0.1, 0.15) is 36.0 Å². The van der Waals surface area contributed by atoms with E-state index in [1.807, 2.05) is 0 Å². The van der Waals surface area contributed by atoms with E-state index in [-0.39, 0.29) is 30.5 Å². The fourth-order valence-corrected chi connectivity index (χ4v) is 3.32. The highest BCUT2D eigenvalue weighted by Gasteiger charge is 2.40. The van der Waals surface area contributed by atoms with Gasteiger partial charge in [0, 0.05) is 7.11 Å². The molecule has 0 heterocycles. The average molecular weight is 415 g/mol. The highest BCUT2D eigenvalue weighted by atomic mass is 31.0. The summed E-state index contributed by atoms with van der Waals surface area (Å²) in [5.41, 5.74) is 0.253. The smallest absolute Gasteiger partial charge is 0.353 e. The molecule has 0 aromatic heterocycles. The molecule has 0 aliphatic heterocycles. The van der Waals surface area contributed by atoms with Crippen molar-refractivity contribution in [2.45, 2.75) is 25.7 Å². The van der Waals surface area contributed by atoms with Crippen LogP contribution in [0.25, 0.3) is 0 Å². The van der Waals surface area contributed by atoms with Gasteiger partial charge in [0.05, 0.1) is 20.8 Å². The van der Waals surface area contributed by atoms with Crippen LogP contribution in [0, 0.1) is 11.8 Å². The Hall–Kier alpha value is -2.02. The minimum Gasteiger partial charge on any atom is -0.496 e. The van der Waals surface area contributed by atoms with Crippen molar-refractivity contribution in [3.8, 4) is 11.5 Å². The van der Waals surface area contributed by atoms with Crippen LogP contribution >= 0.6 is 9.12 Å². The molecule has 1 saturated carbocycles. The number of Topliss-reactive ketones (excluding diaryl/α,β-unsaturated/α-hetero) is 1. The molecule has 2 unspecified atom stereocenters. The minimum absolute atomic E-state index is 0.0874. The number of carbonyl (C=O) groups excluding carboxylic acids is 2. The van der Waals surface area contributed by atoms with Gasteiger partial charge in [-0.25, -0.2) is 4.79 Å². The highest BCUT2D eigenvalue weighted by Crippen LogP contribution is 2.38. The second kappa shape index (κ2) is 13.2. The Morgan fingerprint density at radius 1 is 1.04 bits per heavy atom. The van der Waals surface area contributed by atoms with E-state index in [9.17, 15) is 9.59 Å². The van der Waals surface area contributed by atoms with Gasteiger partial charge in [-0.2, -0.15) is 4.89 Å². The zero-order chi connectivity index (χ0) is 20.9. The van der Waals surface area contributed by atoms with Gasteiger partial charge in [0.25, 0.3) is 0 Å². The topological polar surface area (TPSA) is 97.4 Å². The molecular weight excluding hydrogens is 387 g/mol. The van der Waals surface area contributed by atoms with Crippen LogP contribution in [0.4, 0.5) is 0 Å². The van der Waals surface area contributed by atoms with Crippen molar-refractivity contribution in [1.82, 2.24) is 0 Å². The van der Waals surface area contributed by atoms with Crippen molar-refractivity contribution in [1.29, 1.82) is 0 Å². The van der Waals surface area contributed by atoms with Gasteiger partial charge in [0.1, 0.15) is 29.6 Å². The molecule has 2 atom stereocenters. The number of carbonyl (C=O) groups is 2. The van der Waals surface area contributed by atoms with E-state index >= 15 is 0 Å². The minimum atomic E-state index is -0.953. The largest absolute Gasteiger partial charge is 0.496 e. The zero-order valence-electron chi connectivity index (χ0n) is 16.5. The van der Waals surface area contributed by atoms with Crippen LogP contribution in [0.15, 0.2) is 18.2 Å². The quantitative estimate of drug-likeness (QED) is 0.144. The average Bonchev–Trinajstić information content (AvgIpc) is 3.26.